The van der Waals surface area contributed by atoms with Gasteiger partial charge >= 0.3 is 0 Å². The number of anilines is 1. The Morgan fingerprint density at radius 3 is 2.67 bits per heavy atom. The highest BCUT2D eigenvalue weighted by Crippen LogP contribution is 2.13. The third-order valence-corrected chi connectivity index (χ3v) is 2.83. The Balaban J connectivity index is 1.96. The minimum absolute atomic E-state index is 0.725. The van der Waals surface area contributed by atoms with Crippen LogP contribution in [0.1, 0.15) is 4.88 Å². The highest BCUT2D eigenvalue weighted by atomic mass is 35.5. The summed E-state index contributed by atoms with van der Waals surface area (Å²) in [7, 11) is 0. The molecule has 0 fully saturated rings. The molecule has 4 heteroatoms. The molecule has 1 aromatic heterocycles. The first-order valence-corrected chi connectivity index (χ1v) is 5.68. The second kappa shape index (κ2) is 4.96. The number of hydrogen-bond donors (Lipinski definition) is 1. The Bertz CT molecular complexity index is 434. The van der Waals surface area contributed by atoms with Gasteiger partial charge in [0.15, 0.2) is 0 Å². The van der Waals surface area contributed by atoms with Gasteiger partial charge in [-0.1, -0.05) is 17.7 Å². The zero-order valence-corrected chi connectivity index (χ0v) is 9.42. The van der Waals surface area contributed by atoms with Crippen molar-refractivity contribution in [1.29, 1.82) is 0 Å². The first-order chi connectivity index (χ1) is 7.34. The molecule has 0 aliphatic heterocycles. The molecule has 0 radical (unpaired) electrons. The molecule has 0 saturated heterocycles. The highest BCUT2D eigenvalue weighted by Gasteiger charge is 1.89. The summed E-state index contributed by atoms with van der Waals surface area (Å²) in [6.07, 6.45) is 1.79. The van der Waals surface area contributed by atoms with Crippen molar-refractivity contribution in [3.63, 3.8) is 0 Å². The number of thiophene rings is 1. The average molecular weight is 237 g/mol. The molecule has 0 unspecified atom stereocenters. The molecule has 1 aromatic carbocycles. The molecule has 1 N–H and O–H groups in total. The normalized spacial score (nSPS) is 10.7. The van der Waals surface area contributed by atoms with Crippen molar-refractivity contribution in [3.8, 4) is 0 Å². The Hall–Kier alpha value is -1.32. The number of nitrogens with one attached hydrogen (secondary N) is 1. The van der Waals surface area contributed by atoms with Crippen LogP contribution in [-0.2, 0) is 0 Å². The zero-order valence-electron chi connectivity index (χ0n) is 7.85. The minimum atomic E-state index is 0.725. The van der Waals surface area contributed by atoms with E-state index in [9.17, 15) is 0 Å². The van der Waals surface area contributed by atoms with Crippen LogP contribution in [0.15, 0.2) is 46.9 Å². The summed E-state index contributed by atoms with van der Waals surface area (Å²) in [4.78, 5) is 1.12. The summed E-state index contributed by atoms with van der Waals surface area (Å²) < 4.78 is 0. The smallest absolute Gasteiger partial charge is 0.0644 e. The zero-order chi connectivity index (χ0) is 10.5. The predicted molar refractivity (Wildman–Crippen MR) is 67.0 cm³/mol. The third-order valence-electron chi connectivity index (χ3n) is 1.77. The van der Waals surface area contributed by atoms with Gasteiger partial charge in [0.1, 0.15) is 0 Å². The lowest BCUT2D eigenvalue weighted by atomic mass is 10.3. The van der Waals surface area contributed by atoms with Crippen LogP contribution in [0.2, 0.25) is 5.02 Å². The van der Waals surface area contributed by atoms with Crippen LogP contribution >= 0.6 is 22.9 Å². The fourth-order valence-electron chi connectivity index (χ4n) is 1.06. The van der Waals surface area contributed by atoms with Gasteiger partial charge in [-0.2, -0.15) is 5.10 Å². The van der Waals surface area contributed by atoms with Crippen LogP contribution in [0.25, 0.3) is 0 Å². The molecular weight excluding hydrogens is 228 g/mol. The van der Waals surface area contributed by atoms with Gasteiger partial charge in [-0.15, -0.1) is 11.3 Å². The number of hydrogen-bond acceptors (Lipinski definition) is 3. The van der Waals surface area contributed by atoms with E-state index in [1.807, 2.05) is 41.8 Å². The van der Waals surface area contributed by atoms with Gasteiger partial charge in [0.2, 0.25) is 0 Å². The van der Waals surface area contributed by atoms with Gasteiger partial charge in [-0.3, -0.25) is 5.43 Å². The molecule has 0 bridgehead atoms. The molecule has 1 heterocycles. The Morgan fingerprint density at radius 1 is 1.20 bits per heavy atom. The maximum Gasteiger partial charge on any atom is 0.0644 e. The van der Waals surface area contributed by atoms with Gasteiger partial charge in [-0.25, -0.2) is 0 Å². The molecule has 2 aromatic rings. The Labute approximate surface area is 97.2 Å². The quantitative estimate of drug-likeness (QED) is 0.635. The number of benzene rings is 1. The number of hydrazone groups is 1. The van der Waals surface area contributed by atoms with Crippen molar-refractivity contribution in [1.82, 2.24) is 0 Å². The molecule has 0 aliphatic rings. The van der Waals surface area contributed by atoms with E-state index in [2.05, 4.69) is 10.5 Å². The van der Waals surface area contributed by atoms with Crippen molar-refractivity contribution in [3.05, 3.63) is 51.7 Å². The largest absolute Gasteiger partial charge is 0.278 e. The van der Waals surface area contributed by atoms with E-state index in [4.69, 9.17) is 11.6 Å². The van der Waals surface area contributed by atoms with Crippen LogP contribution in [0.4, 0.5) is 5.69 Å². The molecular formula is C11H9ClN2S. The topological polar surface area (TPSA) is 24.4 Å². The lowest BCUT2D eigenvalue weighted by Gasteiger charge is -1.98. The minimum Gasteiger partial charge on any atom is -0.278 e. The van der Waals surface area contributed by atoms with E-state index >= 15 is 0 Å². The van der Waals surface area contributed by atoms with E-state index in [-0.39, 0.29) is 0 Å². The van der Waals surface area contributed by atoms with Crippen molar-refractivity contribution in [2.75, 3.05) is 5.43 Å². The molecule has 0 aliphatic carbocycles. The van der Waals surface area contributed by atoms with E-state index in [0.29, 0.717) is 0 Å². The average Bonchev–Trinajstić information content (AvgIpc) is 2.74. The SMILES string of the molecule is Clc1ccc(NN=Cc2cccs2)cc1. The van der Waals surface area contributed by atoms with E-state index in [1.54, 1.807) is 17.6 Å². The first kappa shape index (κ1) is 10.2. The lowest BCUT2D eigenvalue weighted by molar-refractivity contribution is 1.35. The molecule has 2 rings (SSSR count). The summed E-state index contributed by atoms with van der Waals surface area (Å²) in [5.41, 5.74) is 3.85. The second-order valence-electron chi connectivity index (χ2n) is 2.89. The van der Waals surface area contributed by atoms with E-state index in [0.717, 1.165) is 15.6 Å². The van der Waals surface area contributed by atoms with E-state index in [1.165, 1.54) is 0 Å². The summed E-state index contributed by atoms with van der Waals surface area (Å²) in [5.74, 6) is 0. The summed E-state index contributed by atoms with van der Waals surface area (Å²) in [5, 5.41) is 6.85. The molecule has 0 atom stereocenters. The second-order valence-corrected chi connectivity index (χ2v) is 4.31. The van der Waals surface area contributed by atoms with Gasteiger partial charge in [0, 0.05) is 9.90 Å². The van der Waals surface area contributed by atoms with Crippen LogP contribution in [0.3, 0.4) is 0 Å². The number of halogens is 1. The molecule has 76 valence electrons. The number of nitrogens with zero attached hydrogens (tertiary/aromatic N) is 1. The van der Waals surface area contributed by atoms with Crippen LogP contribution in [-0.4, -0.2) is 6.21 Å². The molecule has 0 saturated carbocycles. The maximum absolute atomic E-state index is 5.76. The van der Waals surface area contributed by atoms with Gasteiger partial charge in [0.05, 0.1) is 11.9 Å². The molecule has 2 nitrogen and oxygen atoms in total. The van der Waals surface area contributed by atoms with Crippen LogP contribution < -0.4 is 5.43 Å². The summed E-state index contributed by atoms with van der Waals surface area (Å²) >= 11 is 7.41. The first-order valence-electron chi connectivity index (χ1n) is 4.43. The molecule has 15 heavy (non-hydrogen) atoms. The Morgan fingerprint density at radius 2 is 2.00 bits per heavy atom. The molecule has 0 spiro atoms. The fraction of sp³-hybridized carbons (Fsp3) is 0. The van der Waals surface area contributed by atoms with Gasteiger partial charge in [-0.05, 0) is 35.7 Å². The number of rotatable bonds is 3. The maximum atomic E-state index is 5.76. The Kier molecular flexibility index (Phi) is 3.37. The molecule has 0 amide bonds. The lowest BCUT2D eigenvalue weighted by Crippen LogP contribution is -1.88. The monoisotopic (exact) mass is 236 g/mol. The summed E-state index contributed by atoms with van der Waals surface area (Å²) in [6.45, 7) is 0. The van der Waals surface area contributed by atoms with Gasteiger partial charge < -0.3 is 0 Å². The van der Waals surface area contributed by atoms with Crippen LogP contribution in [0, 0.1) is 0 Å². The highest BCUT2D eigenvalue weighted by molar-refractivity contribution is 7.11. The third kappa shape index (κ3) is 3.08. The van der Waals surface area contributed by atoms with Crippen molar-refractivity contribution < 1.29 is 0 Å². The van der Waals surface area contributed by atoms with Crippen molar-refractivity contribution in [2.24, 2.45) is 5.10 Å². The van der Waals surface area contributed by atoms with E-state index < -0.39 is 0 Å². The fourth-order valence-corrected chi connectivity index (χ4v) is 1.77. The van der Waals surface area contributed by atoms with Gasteiger partial charge in [0.25, 0.3) is 0 Å². The predicted octanol–water partition coefficient (Wildman–Crippen LogP) is 3.85. The van der Waals surface area contributed by atoms with Crippen molar-refractivity contribution >= 4 is 34.8 Å². The summed E-state index contributed by atoms with van der Waals surface area (Å²) in [6, 6.07) is 11.4. The standard InChI is InChI=1S/C11H9ClN2S/c12-9-3-5-10(6-4-9)14-13-8-11-2-1-7-15-11/h1-8,14H. The van der Waals surface area contributed by atoms with Crippen LogP contribution in [0.5, 0.6) is 0 Å². The van der Waals surface area contributed by atoms with Crippen molar-refractivity contribution in [2.45, 2.75) is 0 Å².